The third-order valence-corrected chi connectivity index (χ3v) is 8.13. The lowest BCUT2D eigenvalue weighted by atomic mass is 9.85. The van der Waals surface area contributed by atoms with Crippen LogP contribution in [0.2, 0.25) is 0 Å². The third-order valence-electron chi connectivity index (χ3n) is 8.13. The maximum Gasteiger partial charge on any atom is 0.335 e. The second kappa shape index (κ2) is 16.4. The van der Waals surface area contributed by atoms with Gasteiger partial charge in [0, 0.05) is 13.1 Å². The topological polar surface area (TPSA) is 40.5 Å². The van der Waals surface area contributed by atoms with Crippen LogP contribution in [0.15, 0.2) is 60.7 Å². The average molecular weight is 576 g/mol. The van der Waals surface area contributed by atoms with Crippen LogP contribution in [0, 0.1) is 18.7 Å². The number of allylic oxidation sites excluding steroid dienone is 1. The van der Waals surface area contributed by atoms with Gasteiger partial charge >= 0.3 is 5.97 Å². The number of rotatable bonds is 8. The molecule has 1 aliphatic carbocycles. The number of aryl methyl sites for hydroxylation is 1. The number of aromatic carboxylic acids is 1. The van der Waals surface area contributed by atoms with Gasteiger partial charge in [0.2, 0.25) is 0 Å². The first kappa shape index (κ1) is 33.2. The van der Waals surface area contributed by atoms with Gasteiger partial charge in [-0.15, -0.1) is 0 Å². The fourth-order valence-corrected chi connectivity index (χ4v) is 6.16. The second-order valence-corrected chi connectivity index (χ2v) is 10.7. The second-order valence-electron chi connectivity index (χ2n) is 10.7. The molecule has 1 saturated heterocycles. The molecule has 0 radical (unpaired) electrons. The van der Waals surface area contributed by atoms with E-state index in [0.29, 0.717) is 23.5 Å². The molecule has 0 spiro atoms. The summed E-state index contributed by atoms with van der Waals surface area (Å²) in [6.07, 6.45) is 5.18. The minimum Gasteiger partial charge on any atom is -0.478 e. The zero-order valence-corrected chi connectivity index (χ0v) is 26.0. The number of carbonyl (C=O) groups is 1. The van der Waals surface area contributed by atoms with Gasteiger partial charge < -0.3 is 10.0 Å². The highest BCUT2D eigenvalue weighted by Gasteiger charge is 2.24. The highest BCUT2D eigenvalue weighted by atomic mass is 19.1. The molecule has 1 fully saturated rings. The van der Waals surface area contributed by atoms with Gasteiger partial charge in [-0.05, 0) is 121 Å². The van der Waals surface area contributed by atoms with E-state index in [1.54, 1.807) is 18.2 Å². The van der Waals surface area contributed by atoms with E-state index in [4.69, 9.17) is 0 Å². The summed E-state index contributed by atoms with van der Waals surface area (Å²) in [4.78, 5) is 14.0. The SMILES string of the molecule is CC.CC.Cc1c(F)cccc1C1=C(c2ccc(CC3CCN(CCCF)C3)cc2)c2ccc(C(=O)O)cc2CCC1. The molecular weight excluding hydrogens is 528 g/mol. The van der Waals surface area contributed by atoms with Gasteiger partial charge in [-0.2, -0.15) is 0 Å². The molecule has 1 aliphatic heterocycles. The summed E-state index contributed by atoms with van der Waals surface area (Å²) in [7, 11) is 0. The Hall–Kier alpha value is -3.31. The van der Waals surface area contributed by atoms with Gasteiger partial charge in [-0.25, -0.2) is 9.18 Å². The third kappa shape index (κ3) is 7.95. The number of halogens is 2. The lowest BCUT2D eigenvalue weighted by Crippen LogP contribution is -2.22. The van der Waals surface area contributed by atoms with Crippen LogP contribution in [-0.4, -0.2) is 42.3 Å². The molecule has 3 aromatic carbocycles. The van der Waals surface area contributed by atoms with E-state index in [0.717, 1.165) is 85.1 Å². The summed E-state index contributed by atoms with van der Waals surface area (Å²) in [6.45, 7) is 12.5. The maximum absolute atomic E-state index is 14.6. The largest absolute Gasteiger partial charge is 0.478 e. The number of alkyl halides is 1. The minimum atomic E-state index is -0.927. The molecule has 1 heterocycles. The van der Waals surface area contributed by atoms with Gasteiger partial charge in [-0.3, -0.25) is 4.39 Å². The maximum atomic E-state index is 14.6. The fourth-order valence-electron chi connectivity index (χ4n) is 6.16. The predicted octanol–water partition coefficient (Wildman–Crippen LogP) is 9.40. The number of hydrogen-bond acceptors (Lipinski definition) is 2. The van der Waals surface area contributed by atoms with Gasteiger partial charge in [0.05, 0.1) is 12.2 Å². The van der Waals surface area contributed by atoms with Crippen molar-refractivity contribution in [2.75, 3.05) is 26.3 Å². The van der Waals surface area contributed by atoms with E-state index in [2.05, 4.69) is 29.2 Å². The highest BCUT2D eigenvalue weighted by molar-refractivity contribution is 6.01. The van der Waals surface area contributed by atoms with Gasteiger partial charge in [0.25, 0.3) is 0 Å². The van der Waals surface area contributed by atoms with Crippen molar-refractivity contribution < 1.29 is 18.7 Å². The summed E-state index contributed by atoms with van der Waals surface area (Å²) >= 11 is 0. The predicted molar refractivity (Wildman–Crippen MR) is 171 cm³/mol. The minimum absolute atomic E-state index is 0.215. The number of fused-ring (bicyclic) bond motifs is 1. The quantitative estimate of drug-likeness (QED) is 0.291. The molecule has 42 heavy (non-hydrogen) atoms. The molecular formula is C37H47F2NO2. The molecule has 0 amide bonds. The van der Waals surface area contributed by atoms with Crippen molar-refractivity contribution in [1.29, 1.82) is 0 Å². The molecule has 0 aromatic heterocycles. The lowest BCUT2D eigenvalue weighted by Gasteiger charge is -2.19. The van der Waals surface area contributed by atoms with Gasteiger partial charge in [0.1, 0.15) is 5.82 Å². The Kier molecular flexibility index (Phi) is 12.9. The number of hydrogen-bond donors (Lipinski definition) is 1. The van der Waals surface area contributed by atoms with E-state index in [1.165, 1.54) is 11.6 Å². The van der Waals surface area contributed by atoms with Crippen molar-refractivity contribution >= 4 is 17.1 Å². The highest BCUT2D eigenvalue weighted by Crippen LogP contribution is 2.41. The summed E-state index contributed by atoms with van der Waals surface area (Å²) in [6, 6.07) is 19.4. The lowest BCUT2D eigenvalue weighted by molar-refractivity contribution is 0.0696. The Morgan fingerprint density at radius 3 is 2.40 bits per heavy atom. The van der Waals surface area contributed by atoms with Gasteiger partial charge in [0.15, 0.2) is 0 Å². The number of nitrogens with zero attached hydrogens (tertiary/aromatic N) is 1. The van der Waals surface area contributed by atoms with Crippen molar-refractivity contribution in [3.05, 3.63) is 105 Å². The molecule has 3 nitrogen and oxygen atoms in total. The van der Waals surface area contributed by atoms with Crippen molar-refractivity contribution in [3.63, 3.8) is 0 Å². The van der Waals surface area contributed by atoms with Crippen molar-refractivity contribution in [1.82, 2.24) is 4.90 Å². The Labute approximate surface area is 251 Å². The van der Waals surface area contributed by atoms with Crippen LogP contribution in [0.5, 0.6) is 0 Å². The van der Waals surface area contributed by atoms with Crippen LogP contribution in [-0.2, 0) is 12.8 Å². The fraction of sp³-hybridized carbons (Fsp3) is 0.432. The molecule has 1 atom stereocenters. The molecule has 1 unspecified atom stereocenters. The number of carboxylic acid groups (broad SMARTS) is 1. The van der Waals surface area contributed by atoms with Crippen LogP contribution in [0.25, 0.3) is 11.1 Å². The summed E-state index contributed by atoms with van der Waals surface area (Å²) in [5.41, 5.74) is 8.41. The number of carboxylic acids is 1. The Morgan fingerprint density at radius 2 is 1.71 bits per heavy atom. The molecule has 226 valence electrons. The first-order valence-electron chi connectivity index (χ1n) is 15.7. The average Bonchev–Trinajstić information content (AvgIpc) is 3.38. The van der Waals surface area contributed by atoms with Crippen molar-refractivity contribution in [3.8, 4) is 0 Å². The van der Waals surface area contributed by atoms with Crippen molar-refractivity contribution in [2.45, 2.75) is 73.1 Å². The normalized spacial score (nSPS) is 16.5. The molecule has 5 heteroatoms. The molecule has 5 rings (SSSR count). The van der Waals surface area contributed by atoms with Crippen LogP contribution in [0.1, 0.15) is 97.1 Å². The summed E-state index contributed by atoms with van der Waals surface area (Å²) in [5.74, 6) is -0.561. The Balaban J connectivity index is 0.00000116. The molecule has 2 aliphatic rings. The van der Waals surface area contributed by atoms with Crippen LogP contribution in [0.3, 0.4) is 0 Å². The Bertz CT molecular complexity index is 1350. The van der Waals surface area contributed by atoms with E-state index < -0.39 is 5.97 Å². The van der Waals surface area contributed by atoms with E-state index in [-0.39, 0.29) is 12.5 Å². The molecule has 1 N–H and O–H groups in total. The van der Waals surface area contributed by atoms with E-state index in [9.17, 15) is 18.7 Å². The summed E-state index contributed by atoms with van der Waals surface area (Å²) in [5, 5.41) is 9.57. The van der Waals surface area contributed by atoms with E-state index in [1.807, 2.05) is 46.8 Å². The van der Waals surface area contributed by atoms with Crippen LogP contribution in [0.4, 0.5) is 8.78 Å². The van der Waals surface area contributed by atoms with Crippen LogP contribution < -0.4 is 0 Å². The van der Waals surface area contributed by atoms with E-state index >= 15 is 0 Å². The number of likely N-dealkylation sites (tertiary alicyclic amines) is 1. The summed E-state index contributed by atoms with van der Waals surface area (Å²) < 4.78 is 27.2. The molecule has 3 aromatic rings. The van der Waals surface area contributed by atoms with Gasteiger partial charge in [-0.1, -0.05) is 70.2 Å². The standard InChI is InChI=1S/C33H35F2NO2.2C2H6/c1-22-28(6-3-8-31(22)35)30-7-2-5-26-20-27(33(37)38)13-14-29(26)32(30)25-11-9-23(10-12-25)19-24-15-18-36(21-24)17-4-16-34;2*1-2/h3,6,8-14,20,24H,2,4-5,7,15-19,21H2,1H3,(H,37,38);2*1-2H3. The smallest absolute Gasteiger partial charge is 0.335 e. The van der Waals surface area contributed by atoms with Crippen molar-refractivity contribution in [2.24, 2.45) is 5.92 Å². The first-order chi connectivity index (χ1) is 20.4. The first-order valence-corrected chi connectivity index (χ1v) is 15.7. The van der Waals surface area contributed by atoms with Crippen LogP contribution >= 0.6 is 0 Å². The molecule has 0 bridgehead atoms. The number of benzene rings is 3. The molecule has 0 saturated carbocycles. The Morgan fingerprint density at radius 1 is 0.976 bits per heavy atom. The zero-order valence-electron chi connectivity index (χ0n) is 26.0. The monoisotopic (exact) mass is 575 g/mol. The zero-order chi connectivity index (χ0) is 30.6.